The van der Waals surface area contributed by atoms with Gasteiger partial charge in [0.1, 0.15) is 34.9 Å². The molecule has 0 unspecified atom stereocenters. The molecule has 0 saturated heterocycles. The minimum absolute atomic E-state index is 0.0583. The van der Waals surface area contributed by atoms with Gasteiger partial charge < -0.3 is 15.6 Å². The van der Waals surface area contributed by atoms with Crippen LogP contribution in [-0.2, 0) is 6.18 Å². The Morgan fingerprint density at radius 1 is 0.944 bits per heavy atom. The van der Waals surface area contributed by atoms with E-state index in [4.69, 9.17) is 0 Å². The SMILES string of the molecule is O=C(Nc1ccccc1F)c1cc(C(F)(F)F)c(Nc2ncccc2-c2ncnc3nc[nH]c23)cn1. The summed E-state index contributed by atoms with van der Waals surface area (Å²) in [7, 11) is 0. The van der Waals surface area contributed by atoms with Crippen LogP contribution in [0.5, 0.6) is 0 Å². The molecule has 0 bridgehead atoms. The molecule has 180 valence electrons. The highest BCUT2D eigenvalue weighted by Crippen LogP contribution is 2.38. The first-order valence-electron chi connectivity index (χ1n) is 10.3. The van der Waals surface area contributed by atoms with Crippen molar-refractivity contribution < 1.29 is 22.4 Å². The molecule has 0 spiro atoms. The number of carbonyl (C=O) groups excluding carboxylic acids is 1. The van der Waals surface area contributed by atoms with Crippen molar-refractivity contribution in [1.29, 1.82) is 0 Å². The fraction of sp³-hybridized carbons (Fsp3) is 0.0435. The van der Waals surface area contributed by atoms with Crippen LogP contribution in [0, 0.1) is 5.82 Å². The predicted octanol–water partition coefficient (Wildman–Crippen LogP) is 4.96. The maximum Gasteiger partial charge on any atom is 0.418 e. The van der Waals surface area contributed by atoms with Gasteiger partial charge in [0.05, 0.1) is 29.5 Å². The van der Waals surface area contributed by atoms with Crippen LogP contribution in [0.25, 0.3) is 22.4 Å². The molecule has 0 fully saturated rings. The van der Waals surface area contributed by atoms with Gasteiger partial charge in [0.15, 0.2) is 5.65 Å². The Hall–Kier alpha value is -4.94. The number of amides is 1. The molecule has 0 aliphatic heterocycles. The third-order valence-electron chi connectivity index (χ3n) is 5.10. The molecule has 0 aliphatic rings. The van der Waals surface area contributed by atoms with E-state index in [0.717, 1.165) is 12.3 Å². The molecule has 5 aromatic rings. The van der Waals surface area contributed by atoms with Crippen LogP contribution >= 0.6 is 0 Å². The Morgan fingerprint density at radius 2 is 1.78 bits per heavy atom. The number of H-pyrrole nitrogens is 1. The largest absolute Gasteiger partial charge is 0.418 e. The summed E-state index contributed by atoms with van der Waals surface area (Å²) in [6.07, 6.45) is 0.111. The van der Waals surface area contributed by atoms with Crippen LogP contribution in [0.1, 0.15) is 16.1 Å². The summed E-state index contributed by atoms with van der Waals surface area (Å²) in [5, 5.41) is 4.87. The molecular formula is C23H14F4N8O. The van der Waals surface area contributed by atoms with E-state index in [2.05, 4.69) is 40.5 Å². The molecule has 9 nitrogen and oxygen atoms in total. The van der Waals surface area contributed by atoms with Gasteiger partial charge in [-0.25, -0.2) is 29.3 Å². The molecule has 36 heavy (non-hydrogen) atoms. The number of rotatable bonds is 5. The summed E-state index contributed by atoms with van der Waals surface area (Å²) in [5.74, 6) is -1.68. The molecule has 1 aromatic carbocycles. The van der Waals surface area contributed by atoms with Gasteiger partial charge in [-0.05, 0) is 30.3 Å². The van der Waals surface area contributed by atoms with E-state index < -0.39 is 34.8 Å². The Kier molecular flexibility index (Phi) is 5.72. The maximum absolute atomic E-state index is 14.0. The van der Waals surface area contributed by atoms with Crippen LogP contribution in [0.4, 0.5) is 34.8 Å². The van der Waals surface area contributed by atoms with Gasteiger partial charge in [0, 0.05) is 11.8 Å². The van der Waals surface area contributed by atoms with Crippen molar-refractivity contribution in [2.24, 2.45) is 0 Å². The second kappa shape index (κ2) is 9.02. The summed E-state index contributed by atoms with van der Waals surface area (Å²) in [5.41, 5.74) is -0.748. The summed E-state index contributed by atoms with van der Waals surface area (Å²) >= 11 is 0. The number of fused-ring (bicyclic) bond motifs is 1. The molecule has 5 rings (SSSR count). The first-order valence-corrected chi connectivity index (χ1v) is 10.3. The number of benzene rings is 1. The maximum atomic E-state index is 14.0. The number of hydrogen-bond donors (Lipinski definition) is 3. The molecule has 3 N–H and O–H groups in total. The highest BCUT2D eigenvalue weighted by molar-refractivity contribution is 6.03. The third kappa shape index (κ3) is 4.41. The van der Waals surface area contributed by atoms with Gasteiger partial charge in [-0.15, -0.1) is 0 Å². The summed E-state index contributed by atoms with van der Waals surface area (Å²) in [6.45, 7) is 0. The molecule has 13 heteroatoms. The zero-order chi connectivity index (χ0) is 25.3. The molecule has 0 radical (unpaired) electrons. The van der Waals surface area contributed by atoms with Gasteiger partial charge in [0.25, 0.3) is 5.91 Å². The van der Waals surface area contributed by atoms with Gasteiger partial charge in [-0.1, -0.05) is 12.1 Å². The van der Waals surface area contributed by atoms with Crippen LogP contribution in [0.15, 0.2) is 67.5 Å². The number of anilines is 3. The van der Waals surface area contributed by atoms with Crippen LogP contribution < -0.4 is 10.6 Å². The molecule has 1 amide bonds. The highest BCUT2D eigenvalue weighted by atomic mass is 19.4. The van der Waals surface area contributed by atoms with E-state index in [1.54, 1.807) is 12.1 Å². The number of alkyl halides is 3. The van der Waals surface area contributed by atoms with Crippen molar-refractivity contribution in [2.45, 2.75) is 6.18 Å². The third-order valence-corrected chi connectivity index (χ3v) is 5.10. The van der Waals surface area contributed by atoms with E-state index in [9.17, 15) is 22.4 Å². The van der Waals surface area contributed by atoms with Crippen LogP contribution in [-0.4, -0.2) is 35.8 Å². The number of hydrogen-bond acceptors (Lipinski definition) is 7. The fourth-order valence-electron chi connectivity index (χ4n) is 3.46. The van der Waals surface area contributed by atoms with Crippen LogP contribution in [0.3, 0.4) is 0 Å². The monoisotopic (exact) mass is 494 g/mol. The second-order valence-corrected chi connectivity index (χ2v) is 7.39. The van der Waals surface area contributed by atoms with Crippen molar-refractivity contribution in [3.05, 3.63) is 84.6 Å². The number of nitrogens with one attached hydrogen (secondary N) is 3. The lowest BCUT2D eigenvalue weighted by atomic mass is 10.1. The fourth-order valence-corrected chi connectivity index (χ4v) is 3.46. The lowest BCUT2D eigenvalue weighted by Gasteiger charge is -2.16. The van der Waals surface area contributed by atoms with Crippen molar-refractivity contribution in [2.75, 3.05) is 10.6 Å². The van der Waals surface area contributed by atoms with Gasteiger partial charge in [0.2, 0.25) is 0 Å². The summed E-state index contributed by atoms with van der Waals surface area (Å²) < 4.78 is 55.7. The Morgan fingerprint density at radius 3 is 2.58 bits per heavy atom. The van der Waals surface area contributed by atoms with Gasteiger partial charge in [-0.3, -0.25) is 4.79 Å². The second-order valence-electron chi connectivity index (χ2n) is 7.39. The zero-order valence-electron chi connectivity index (χ0n) is 18.0. The summed E-state index contributed by atoms with van der Waals surface area (Å²) in [4.78, 5) is 35.7. The molecule has 0 atom stereocenters. The minimum atomic E-state index is -4.85. The Bertz CT molecular complexity index is 1580. The van der Waals surface area contributed by atoms with E-state index >= 15 is 0 Å². The van der Waals surface area contributed by atoms with Crippen molar-refractivity contribution in [3.63, 3.8) is 0 Å². The van der Waals surface area contributed by atoms with E-state index in [1.165, 1.54) is 37.1 Å². The smallest absolute Gasteiger partial charge is 0.341 e. The zero-order valence-corrected chi connectivity index (χ0v) is 18.0. The Balaban J connectivity index is 1.52. The molecule has 0 aliphatic carbocycles. The Labute approximate surface area is 199 Å². The normalized spacial score (nSPS) is 11.4. The average Bonchev–Trinajstić information content (AvgIpc) is 3.35. The van der Waals surface area contributed by atoms with E-state index in [1.807, 2.05) is 0 Å². The number of pyridine rings is 2. The van der Waals surface area contributed by atoms with E-state index in [-0.39, 0.29) is 11.5 Å². The van der Waals surface area contributed by atoms with Crippen molar-refractivity contribution >= 4 is 34.3 Å². The summed E-state index contributed by atoms with van der Waals surface area (Å²) in [6, 6.07) is 9.07. The van der Waals surface area contributed by atoms with Gasteiger partial charge in [-0.2, -0.15) is 13.2 Å². The van der Waals surface area contributed by atoms with Crippen molar-refractivity contribution in [1.82, 2.24) is 29.9 Å². The number of aromatic nitrogens is 6. The van der Waals surface area contributed by atoms with E-state index in [0.29, 0.717) is 28.5 Å². The number of halogens is 4. The molecule has 4 heterocycles. The molecular weight excluding hydrogens is 480 g/mol. The lowest BCUT2D eigenvalue weighted by Crippen LogP contribution is -2.18. The van der Waals surface area contributed by atoms with Crippen molar-refractivity contribution in [3.8, 4) is 11.3 Å². The molecule has 4 aromatic heterocycles. The number of imidazole rings is 1. The minimum Gasteiger partial charge on any atom is -0.341 e. The van der Waals surface area contributed by atoms with Gasteiger partial charge >= 0.3 is 6.18 Å². The number of carbonyl (C=O) groups is 1. The number of aromatic amines is 1. The first-order chi connectivity index (χ1) is 17.3. The predicted molar refractivity (Wildman–Crippen MR) is 122 cm³/mol. The van der Waals surface area contributed by atoms with Crippen LogP contribution in [0.2, 0.25) is 0 Å². The molecule has 0 saturated carbocycles. The lowest BCUT2D eigenvalue weighted by molar-refractivity contribution is -0.137. The number of para-hydroxylation sites is 1. The topological polar surface area (TPSA) is 121 Å². The quantitative estimate of drug-likeness (QED) is 0.295. The standard InChI is InChI=1S/C23H14F4N8O/c24-14-5-1-2-6-15(14)35-22(36)16-8-13(23(25,26)27)17(9-29-16)34-20-12(4-3-7-28-20)18-19-21(32-10-30-18)33-11-31-19/h1-11H,(H,28,34)(H,35,36)(H,30,31,32,33). The highest BCUT2D eigenvalue weighted by Gasteiger charge is 2.35. The first kappa shape index (κ1) is 22.8. The average molecular weight is 494 g/mol. The number of nitrogens with zero attached hydrogens (tertiary/aromatic N) is 5.